The zero-order valence-electron chi connectivity index (χ0n) is 16.3. The van der Waals surface area contributed by atoms with Gasteiger partial charge in [0.1, 0.15) is 12.4 Å². The lowest BCUT2D eigenvalue weighted by Gasteiger charge is -2.34. The molecular formula is C23H21ClN2O4. The minimum Gasteiger partial charge on any atom is -0.489 e. The van der Waals surface area contributed by atoms with Gasteiger partial charge in [-0.1, -0.05) is 35.9 Å². The number of carbonyl (C=O) groups excluding carboxylic acids is 2. The van der Waals surface area contributed by atoms with Crippen LogP contribution in [0, 0.1) is 0 Å². The van der Waals surface area contributed by atoms with Gasteiger partial charge in [0.05, 0.1) is 6.26 Å². The Balaban J connectivity index is 1.36. The van der Waals surface area contributed by atoms with Crippen LogP contribution in [0.5, 0.6) is 5.75 Å². The predicted molar refractivity (Wildman–Crippen MR) is 113 cm³/mol. The second kappa shape index (κ2) is 9.05. The summed E-state index contributed by atoms with van der Waals surface area (Å²) in [7, 11) is 0. The Morgan fingerprint density at radius 3 is 2.30 bits per heavy atom. The normalized spacial score (nSPS) is 13.9. The molecule has 7 heteroatoms. The zero-order chi connectivity index (χ0) is 20.9. The van der Waals surface area contributed by atoms with E-state index >= 15 is 0 Å². The molecule has 6 nitrogen and oxygen atoms in total. The zero-order valence-corrected chi connectivity index (χ0v) is 17.0. The molecule has 1 aliphatic rings. The van der Waals surface area contributed by atoms with E-state index < -0.39 is 0 Å². The Labute approximate surface area is 179 Å². The smallest absolute Gasteiger partial charge is 0.290 e. The van der Waals surface area contributed by atoms with Crippen molar-refractivity contribution < 1.29 is 18.7 Å². The monoisotopic (exact) mass is 424 g/mol. The Morgan fingerprint density at radius 1 is 0.900 bits per heavy atom. The van der Waals surface area contributed by atoms with E-state index in [4.69, 9.17) is 20.8 Å². The summed E-state index contributed by atoms with van der Waals surface area (Å²) >= 11 is 5.98. The molecule has 0 radical (unpaired) electrons. The topological polar surface area (TPSA) is 63.0 Å². The van der Waals surface area contributed by atoms with Crippen molar-refractivity contribution in [3.63, 3.8) is 0 Å². The fourth-order valence-corrected chi connectivity index (χ4v) is 3.57. The number of ether oxygens (including phenoxy) is 1. The fraction of sp³-hybridized carbons (Fsp3) is 0.217. The molecule has 0 bridgehead atoms. The molecule has 2 heterocycles. The van der Waals surface area contributed by atoms with Crippen LogP contribution in [0.2, 0.25) is 5.02 Å². The van der Waals surface area contributed by atoms with Gasteiger partial charge in [0.25, 0.3) is 11.8 Å². The predicted octanol–water partition coefficient (Wildman–Crippen LogP) is 4.11. The maximum atomic E-state index is 12.9. The van der Waals surface area contributed by atoms with Crippen LogP contribution >= 0.6 is 11.6 Å². The summed E-state index contributed by atoms with van der Waals surface area (Å²) in [6.07, 6.45) is 1.50. The number of nitrogens with zero attached hydrogens (tertiary/aromatic N) is 2. The van der Waals surface area contributed by atoms with Crippen LogP contribution in [0.1, 0.15) is 26.5 Å². The van der Waals surface area contributed by atoms with Gasteiger partial charge < -0.3 is 19.0 Å². The number of hydrogen-bond acceptors (Lipinski definition) is 4. The van der Waals surface area contributed by atoms with Crippen molar-refractivity contribution in [3.05, 3.63) is 88.8 Å². The van der Waals surface area contributed by atoms with E-state index in [1.54, 1.807) is 40.1 Å². The molecule has 0 spiro atoms. The highest BCUT2D eigenvalue weighted by Gasteiger charge is 2.28. The third kappa shape index (κ3) is 4.49. The quantitative estimate of drug-likeness (QED) is 0.618. The number of benzene rings is 2. The minimum atomic E-state index is -0.193. The van der Waals surface area contributed by atoms with Crippen LogP contribution in [0.15, 0.2) is 71.3 Å². The summed E-state index contributed by atoms with van der Waals surface area (Å²) < 4.78 is 11.2. The largest absolute Gasteiger partial charge is 0.489 e. The number of furan rings is 1. The van der Waals surface area contributed by atoms with Gasteiger partial charge in [-0.25, -0.2) is 0 Å². The van der Waals surface area contributed by atoms with Crippen LogP contribution in [0.3, 0.4) is 0 Å². The van der Waals surface area contributed by atoms with Crippen molar-refractivity contribution in [2.45, 2.75) is 6.61 Å². The third-order valence-electron chi connectivity index (χ3n) is 5.00. The van der Waals surface area contributed by atoms with Gasteiger partial charge in [-0.2, -0.15) is 0 Å². The highest BCUT2D eigenvalue weighted by atomic mass is 35.5. The summed E-state index contributed by atoms with van der Waals surface area (Å²) in [5.74, 6) is 0.729. The standard InChI is InChI=1S/C23H21ClN2O4/c24-19-6-4-5-17(15-19)22(27)25-10-12-26(13-11-25)23(28)21-18(9-14-29-21)16-30-20-7-2-1-3-8-20/h1-9,14-15H,10-13,16H2. The van der Waals surface area contributed by atoms with Gasteiger partial charge in [0.15, 0.2) is 5.76 Å². The molecule has 1 fully saturated rings. The van der Waals surface area contributed by atoms with Crippen LogP contribution in [-0.4, -0.2) is 47.8 Å². The molecule has 0 unspecified atom stereocenters. The van der Waals surface area contributed by atoms with Crippen LogP contribution < -0.4 is 4.74 Å². The minimum absolute atomic E-state index is 0.0838. The highest BCUT2D eigenvalue weighted by molar-refractivity contribution is 6.30. The van der Waals surface area contributed by atoms with Crippen LogP contribution in [-0.2, 0) is 6.61 Å². The van der Waals surface area contributed by atoms with E-state index in [-0.39, 0.29) is 24.2 Å². The van der Waals surface area contributed by atoms with Crippen molar-refractivity contribution in [1.29, 1.82) is 0 Å². The van der Waals surface area contributed by atoms with E-state index in [9.17, 15) is 9.59 Å². The number of piperazine rings is 1. The van der Waals surface area contributed by atoms with E-state index in [1.165, 1.54) is 6.26 Å². The molecule has 1 aliphatic heterocycles. The van der Waals surface area contributed by atoms with E-state index in [2.05, 4.69) is 0 Å². The van der Waals surface area contributed by atoms with E-state index in [0.29, 0.717) is 42.3 Å². The first-order chi connectivity index (χ1) is 14.6. The van der Waals surface area contributed by atoms with Gasteiger partial charge >= 0.3 is 0 Å². The van der Waals surface area contributed by atoms with Crippen molar-refractivity contribution >= 4 is 23.4 Å². The molecule has 3 aromatic rings. The summed E-state index contributed by atoms with van der Waals surface area (Å²) in [5.41, 5.74) is 1.25. The average Bonchev–Trinajstić information content (AvgIpc) is 3.26. The molecule has 0 atom stereocenters. The van der Waals surface area contributed by atoms with Gasteiger partial charge in [0, 0.05) is 42.3 Å². The van der Waals surface area contributed by atoms with Crippen LogP contribution in [0.4, 0.5) is 0 Å². The summed E-state index contributed by atoms with van der Waals surface area (Å²) in [4.78, 5) is 29.0. The lowest BCUT2D eigenvalue weighted by Crippen LogP contribution is -2.50. The Kier molecular flexibility index (Phi) is 6.05. The number of carbonyl (C=O) groups is 2. The van der Waals surface area contributed by atoms with Crippen molar-refractivity contribution in [1.82, 2.24) is 9.80 Å². The number of para-hydroxylation sites is 1. The first kappa shape index (κ1) is 20.0. The number of amides is 2. The molecule has 1 aromatic heterocycles. The molecule has 0 N–H and O–H groups in total. The molecule has 30 heavy (non-hydrogen) atoms. The summed E-state index contributed by atoms with van der Waals surface area (Å²) in [5, 5.41) is 0.526. The maximum absolute atomic E-state index is 12.9. The number of halogens is 1. The third-order valence-corrected chi connectivity index (χ3v) is 5.24. The number of hydrogen-bond donors (Lipinski definition) is 0. The van der Waals surface area contributed by atoms with Gasteiger partial charge in [0.2, 0.25) is 0 Å². The van der Waals surface area contributed by atoms with E-state index in [0.717, 1.165) is 5.75 Å². The van der Waals surface area contributed by atoms with Gasteiger partial charge in [-0.15, -0.1) is 0 Å². The molecule has 2 amide bonds. The van der Waals surface area contributed by atoms with Crippen molar-refractivity contribution in [2.24, 2.45) is 0 Å². The molecule has 0 saturated carbocycles. The fourth-order valence-electron chi connectivity index (χ4n) is 3.38. The second-order valence-electron chi connectivity index (χ2n) is 6.97. The molecule has 4 rings (SSSR count). The Morgan fingerprint density at radius 2 is 1.60 bits per heavy atom. The highest BCUT2D eigenvalue weighted by Crippen LogP contribution is 2.19. The van der Waals surface area contributed by atoms with Crippen LogP contribution in [0.25, 0.3) is 0 Å². The van der Waals surface area contributed by atoms with Gasteiger partial charge in [-0.05, 0) is 36.4 Å². The molecule has 154 valence electrons. The van der Waals surface area contributed by atoms with E-state index in [1.807, 2.05) is 30.3 Å². The van der Waals surface area contributed by atoms with Crippen molar-refractivity contribution in [2.75, 3.05) is 26.2 Å². The maximum Gasteiger partial charge on any atom is 0.290 e. The van der Waals surface area contributed by atoms with Gasteiger partial charge in [-0.3, -0.25) is 9.59 Å². The first-order valence-corrected chi connectivity index (χ1v) is 10.1. The number of rotatable bonds is 5. The summed E-state index contributed by atoms with van der Waals surface area (Å²) in [6, 6.07) is 18.0. The summed E-state index contributed by atoms with van der Waals surface area (Å²) in [6.45, 7) is 2.02. The first-order valence-electron chi connectivity index (χ1n) is 9.70. The lowest BCUT2D eigenvalue weighted by molar-refractivity contribution is 0.0516. The molecule has 0 aliphatic carbocycles. The molecule has 2 aromatic carbocycles. The van der Waals surface area contributed by atoms with Crippen molar-refractivity contribution in [3.8, 4) is 5.75 Å². The molecule has 1 saturated heterocycles. The second-order valence-corrected chi connectivity index (χ2v) is 7.41. The lowest BCUT2D eigenvalue weighted by atomic mass is 10.1. The average molecular weight is 425 g/mol. The Hall–Kier alpha value is -3.25. The molecular weight excluding hydrogens is 404 g/mol. The SMILES string of the molecule is O=C(c1cccc(Cl)c1)N1CCN(C(=O)c2occc2COc2ccccc2)CC1. The Bertz CT molecular complexity index is 1030.